The second kappa shape index (κ2) is 6.99. The second-order valence-corrected chi connectivity index (χ2v) is 7.23. The topological polar surface area (TPSA) is 138 Å². The van der Waals surface area contributed by atoms with Gasteiger partial charge in [-0.3, -0.25) is 14.4 Å². The van der Waals surface area contributed by atoms with Gasteiger partial charge < -0.3 is 21.1 Å². The van der Waals surface area contributed by atoms with Gasteiger partial charge in [0.25, 0.3) is 5.91 Å². The third-order valence-corrected chi connectivity index (χ3v) is 5.55. The van der Waals surface area contributed by atoms with Crippen molar-refractivity contribution in [3.8, 4) is 11.5 Å². The standard InChI is InChI=1S/C21H21NO6/c1-9-3-4-15(24)18-13(9)6-12-5-11(7-16(25)14(8-23)21(22)28)10(2)19(26)17(12)20(18)27/h3-4,6,8,10-11,23-24,27H,5,7H2,1-2H3,(H2,22,28)/b14-8-. The number of fused-ring (bicyclic) bond motifs is 2. The van der Waals surface area contributed by atoms with Gasteiger partial charge >= 0.3 is 0 Å². The molecule has 7 heteroatoms. The highest BCUT2D eigenvalue weighted by Crippen LogP contribution is 2.44. The Morgan fingerprint density at radius 2 is 1.96 bits per heavy atom. The fourth-order valence-electron chi connectivity index (χ4n) is 3.88. The van der Waals surface area contributed by atoms with Crippen LogP contribution in [0.3, 0.4) is 0 Å². The number of rotatable bonds is 4. The van der Waals surface area contributed by atoms with Gasteiger partial charge in [0.1, 0.15) is 17.1 Å². The first-order valence-corrected chi connectivity index (χ1v) is 8.86. The minimum Gasteiger partial charge on any atom is -0.515 e. The number of phenolic OH excluding ortho intramolecular Hbond substituents is 2. The van der Waals surface area contributed by atoms with Crippen molar-refractivity contribution in [1.82, 2.24) is 0 Å². The van der Waals surface area contributed by atoms with Crippen LogP contribution in [-0.4, -0.2) is 32.8 Å². The van der Waals surface area contributed by atoms with Crippen LogP contribution in [-0.2, 0) is 16.0 Å². The number of aryl methyl sites for hydroxylation is 1. The summed E-state index contributed by atoms with van der Waals surface area (Å²) in [4.78, 5) is 36.5. The molecule has 28 heavy (non-hydrogen) atoms. The second-order valence-electron chi connectivity index (χ2n) is 7.23. The van der Waals surface area contributed by atoms with E-state index in [1.54, 1.807) is 19.1 Å². The molecule has 0 heterocycles. The molecule has 2 aromatic rings. The van der Waals surface area contributed by atoms with Crippen LogP contribution in [0.5, 0.6) is 11.5 Å². The molecule has 146 valence electrons. The van der Waals surface area contributed by atoms with E-state index in [2.05, 4.69) is 0 Å². The Morgan fingerprint density at radius 3 is 2.57 bits per heavy atom. The van der Waals surface area contributed by atoms with E-state index in [9.17, 15) is 24.6 Å². The highest BCUT2D eigenvalue weighted by molar-refractivity contribution is 6.18. The Kier molecular flexibility index (Phi) is 4.85. The quantitative estimate of drug-likeness (QED) is 0.277. The number of aromatic hydroxyl groups is 2. The van der Waals surface area contributed by atoms with Gasteiger partial charge in [-0.15, -0.1) is 0 Å². The van der Waals surface area contributed by atoms with Crippen molar-refractivity contribution in [3.63, 3.8) is 0 Å². The molecule has 5 N–H and O–H groups in total. The summed E-state index contributed by atoms with van der Waals surface area (Å²) in [6, 6.07) is 4.93. The Hall–Kier alpha value is -3.35. The Bertz CT molecular complexity index is 1050. The number of Topliss-reactive ketones (excluding diaryl/α,β-unsaturated/α-hetero) is 2. The molecule has 0 fully saturated rings. The SMILES string of the molecule is Cc1ccc(O)c2c(O)c3c(cc12)CC(CC(=O)/C(=C/O)C(N)=O)C(C)C3=O. The Labute approximate surface area is 161 Å². The average Bonchev–Trinajstić information content (AvgIpc) is 2.62. The van der Waals surface area contributed by atoms with Crippen molar-refractivity contribution >= 4 is 28.2 Å². The van der Waals surface area contributed by atoms with E-state index in [-0.39, 0.29) is 34.7 Å². The maximum atomic E-state index is 12.9. The first-order chi connectivity index (χ1) is 13.2. The summed E-state index contributed by atoms with van der Waals surface area (Å²) < 4.78 is 0. The van der Waals surface area contributed by atoms with Crippen LogP contribution >= 0.6 is 0 Å². The van der Waals surface area contributed by atoms with E-state index in [1.807, 2.05) is 6.92 Å². The third-order valence-electron chi connectivity index (χ3n) is 5.55. The van der Waals surface area contributed by atoms with Crippen molar-refractivity contribution in [2.24, 2.45) is 17.6 Å². The summed E-state index contributed by atoms with van der Waals surface area (Å²) >= 11 is 0. The molecular weight excluding hydrogens is 362 g/mol. The van der Waals surface area contributed by atoms with Gasteiger partial charge in [0.15, 0.2) is 11.6 Å². The van der Waals surface area contributed by atoms with Gasteiger partial charge in [0.05, 0.1) is 17.2 Å². The van der Waals surface area contributed by atoms with Gasteiger partial charge in [-0.2, -0.15) is 0 Å². The van der Waals surface area contributed by atoms with E-state index in [0.717, 1.165) is 5.56 Å². The summed E-state index contributed by atoms with van der Waals surface area (Å²) in [7, 11) is 0. The monoisotopic (exact) mass is 383 g/mol. The Morgan fingerprint density at radius 1 is 1.29 bits per heavy atom. The molecule has 1 aliphatic rings. The first-order valence-electron chi connectivity index (χ1n) is 8.86. The van der Waals surface area contributed by atoms with Crippen molar-refractivity contribution in [2.45, 2.75) is 26.7 Å². The van der Waals surface area contributed by atoms with Crippen molar-refractivity contribution in [1.29, 1.82) is 0 Å². The molecule has 3 rings (SSSR count). The smallest absolute Gasteiger partial charge is 0.255 e. The van der Waals surface area contributed by atoms with Crippen LogP contribution in [0.2, 0.25) is 0 Å². The molecule has 0 bridgehead atoms. The number of carbonyl (C=O) groups excluding carboxylic acids is 3. The summed E-state index contributed by atoms with van der Waals surface area (Å²) in [5.74, 6) is -3.40. The van der Waals surface area contributed by atoms with Crippen LogP contribution in [0.1, 0.15) is 34.8 Å². The number of amides is 1. The number of aliphatic hydroxyl groups excluding tert-OH is 1. The lowest BCUT2D eigenvalue weighted by Crippen LogP contribution is -2.32. The minimum absolute atomic E-state index is 0.113. The molecule has 0 aliphatic heterocycles. The van der Waals surface area contributed by atoms with Gasteiger partial charge in [0, 0.05) is 12.3 Å². The van der Waals surface area contributed by atoms with Crippen LogP contribution < -0.4 is 5.73 Å². The molecule has 0 saturated carbocycles. The molecule has 2 atom stereocenters. The third kappa shape index (κ3) is 2.98. The van der Waals surface area contributed by atoms with Crippen LogP contribution in [0.15, 0.2) is 30.0 Å². The zero-order valence-electron chi connectivity index (χ0n) is 15.5. The molecule has 0 saturated heterocycles. The largest absolute Gasteiger partial charge is 0.515 e. The van der Waals surface area contributed by atoms with Crippen molar-refractivity contribution in [2.75, 3.05) is 0 Å². The lowest BCUT2D eigenvalue weighted by atomic mass is 9.72. The summed E-state index contributed by atoms with van der Waals surface area (Å²) in [6.07, 6.45) is 0.572. The van der Waals surface area contributed by atoms with Gasteiger partial charge in [-0.1, -0.05) is 13.0 Å². The predicted molar refractivity (Wildman–Crippen MR) is 102 cm³/mol. The van der Waals surface area contributed by atoms with Gasteiger partial charge in [-0.25, -0.2) is 0 Å². The van der Waals surface area contributed by atoms with E-state index in [0.29, 0.717) is 23.6 Å². The van der Waals surface area contributed by atoms with E-state index in [1.165, 1.54) is 6.07 Å². The van der Waals surface area contributed by atoms with Crippen molar-refractivity contribution < 1.29 is 29.7 Å². The molecular formula is C21H21NO6. The number of hydrogen-bond acceptors (Lipinski definition) is 6. The van der Waals surface area contributed by atoms with Crippen LogP contribution in [0.25, 0.3) is 10.8 Å². The van der Waals surface area contributed by atoms with Gasteiger partial charge in [-0.05, 0) is 47.9 Å². The first kappa shape index (κ1) is 19.4. The fraction of sp³-hybridized carbons (Fsp3) is 0.286. The summed E-state index contributed by atoms with van der Waals surface area (Å²) in [5, 5.41) is 30.8. The molecule has 1 amide bonds. The number of phenols is 2. The number of primary amides is 1. The fourth-order valence-corrected chi connectivity index (χ4v) is 3.88. The number of benzene rings is 2. The number of ketones is 2. The number of nitrogens with two attached hydrogens (primary N) is 1. The average molecular weight is 383 g/mol. The molecule has 2 unspecified atom stereocenters. The molecule has 7 nitrogen and oxygen atoms in total. The Balaban J connectivity index is 2.07. The highest BCUT2D eigenvalue weighted by Gasteiger charge is 2.37. The molecule has 0 spiro atoms. The highest BCUT2D eigenvalue weighted by atomic mass is 16.3. The number of carbonyl (C=O) groups is 3. The van der Waals surface area contributed by atoms with E-state index >= 15 is 0 Å². The van der Waals surface area contributed by atoms with Crippen LogP contribution in [0, 0.1) is 18.8 Å². The number of aliphatic hydroxyl groups is 1. The zero-order valence-corrected chi connectivity index (χ0v) is 15.5. The molecule has 0 aromatic heterocycles. The maximum Gasteiger partial charge on any atom is 0.255 e. The zero-order chi connectivity index (χ0) is 20.7. The van der Waals surface area contributed by atoms with Crippen molar-refractivity contribution in [3.05, 3.63) is 46.7 Å². The summed E-state index contributed by atoms with van der Waals surface area (Å²) in [6.45, 7) is 3.47. The summed E-state index contributed by atoms with van der Waals surface area (Å²) in [5.41, 5.74) is 6.14. The van der Waals surface area contributed by atoms with Crippen LogP contribution in [0.4, 0.5) is 0 Å². The lowest BCUT2D eigenvalue weighted by Gasteiger charge is -2.30. The molecule has 2 aromatic carbocycles. The molecule has 0 radical (unpaired) electrons. The van der Waals surface area contributed by atoms with E-state index in [4.69, 9.17) is 10.8 Å². The van der Waals surface area contributed by atoms with E-state index < -0.39 is 29.1 Å². The van der Waals surface area contributed by atoms with Gasteiger partial charge in [0.2, 0.25) is 0 Å². The predicted octanol–water partition coefficient (Wildman–Crippen LogP) is 2.44. The lowest BCUT2D eigenvalue weighted by molar-refractivity contribution is -0.121. The minimum atomic E-state index is -1.03. The molecule has 1 aliphatic carbocycles. The number of hydrogen-bond donors (Lipinski definition) is 4. The maximum absolute atomic E-state index is 12.9. The normalized spacial score (nSPS) is 19.5.